The van der Waals surface area contributed by atoms with E-state index in [1.807, 2.05) is 48.7 Å². The Hall–Kier alpha value is -3.98. The summed E-state index contributed by atoms with van der Waals surface area (Å²) in [6.07, 6.45) is 10.3. The van der Waals surface area contributed by atoms with E-state index in [4.69, 9.17) is 42.4 Å². The van der Waals surface area contributed by atoms with Crippen molar-refractivity contribution >= 4 is 34.9 Å². The van der Waals surface area contributed by atoms with Gasteiger partial charge in [0, 0.05) is 52.7 Å². The lowest BCUT2D eigenvalue weighted by Crippen LogP contribution is -2.53. The van der Waals surface area contributed by atoms with Crippen LogP contribution in [-0.4, -0.2) is 59.4 Å². The zero-order valence-corrected chi connectivity index (χ0v) is 34.9. The van der Waals surface area contributed by atoms with Crippen LogP contribution in [0.15, 0.2) is 72.9 Å². The molecule has 3 aliphatic carbocycles. The summed E-state index contributed by atoms with van der Waals surface area (Å²) in [5.74, 6) is 2.76. The summed E-state index contributed by atoms with van der Waals surface area (Å²) in [4.78, 5) is 20.1. The van der Waals surface area contributed by atoms with Crippen LogP contribution in [0.2, 0.25) is 10.0 Å². The molecule has 4 aromatic rings. The Bertz CT molecular complexity index is 2080. The molecule has 57 heavy (non-hydrogen) atoms. The number of ether oxygens (including phenoxy) is 3. The molecule has 8 rings (SSSR count). The minimum atomic E-state index is -1.10. The molecule has 8 nitrogen and oxygen atoms in total. The molecule has 4 atom stereocenters. The standard InChI is InChI=1S/C47H55Cl2N3O5/c1-30(29-56-41-14-20-50-40-13-6-8-31(2)44(40)41)22-34-23-33-24-42-43(57-37(15-21-55-42)28-52(3)27-32-9-4-5-12-39(32)49)26-38(33)46(34)16-18-47(19-17-46,45(53)54)51-36-11-7-10-35(48)25-36/h4-5,7,9-12,14,20,24-26,30-31,34,37,51H,6,8,13,15-19,21-23,27-29H2,1-3H3,(H,53,54)/t30-,31-,34+,37-,46?,47?/m1/s1. The van der Waals surface area contributed by atoms with Crippen LogP contribution in [0.5, 0.6) is 17.2 Å². The third-order valence-corrected chi connectivity index (χ3v) is 13.9. The Kier molecular flexibility index (Phi) is 11.7. The Morgan fingerprint density at radius 2 is 1.88 bits per heavy atom. The van der Waals surface area contributed by atoms with Crippen molar-refractivity contribution in [1.82, 2.24) is 9.88 Å². The van der Waals surface area contributed by atoms with Gasteiger partial charge in [-0.2, -0.15) is 0 Å². The smallest absolute Gasteiger partial charge is 0.329 e. The minimum absolute atomic E-state index is 0.0586. The number of benzene rings is 3. The number of aromatic nitrogens is 1. The number of nitrogens with one attached hydrogen (secondary N) is 1. The summed E-state index contributed by atoms with van der Waals surface area (Å²) in [7, 11) is 2.10. The second-order valence-electron chi connectivity index (χ2n) is 17.3. The topological polar surface area (TPSA) is 93.2 Å². The van der Waals surface area contributed by atoms with Gasteiger partial charge in [0.15, 0.2) is 11.5 Å². The summed E-state index contributed by atoms with van der Waals surface area (Å²) in [5, 5.41) is 15.5. The lowest BCUT2D eigenvalue weighted by molar-refractivity contribution is -0.144. The highest BCUT2D eigenvalue weighted by Crippen LogP contribution is 2.58. The van der Waals surface area contributed by atoms with Gasteiger partial charge in [-0.1, -0.05) is 61.3 Å². The van der Waals surface area contributed by atoms with Crippen LogP contribution in [0.1, 0.15) is 99.1 Å². The molecule has 2 heterocycles. The normalized spacial score (nSPS) is 25.7. The van der Waals surface area contributed by atoms with Crippen molar-refractivity contribution in [3.8, 4) is 17.2 Å². The van der Waals surface area contributed by atoms with Crippen LogP contribution in [0.4, 0.5) is 5.69 Å². The van der Waals surface area contributed by atoms with E-state index in [9.17, 15) is 9.90 Å². The third kappa shape index (κ3) is 8.33. The van der Waals surface area contributed by atoms with Crippen LogP contribution in [0.25, 0.3) is 0 Å². The lowest BCUT2D eigenvalue weighted by Gasteiger charge is -2.47. The highest BCUT2D eigenvalue weighted by Gasteiger charge is 2.54. The molecule has 0 saturated heterocycles. The Morgan fingerprint density at radius 3 is 2.67 bits per heavy atom. The Balaban J connectivity index is 1.05. The Morgan fingerprint density at radius 1 is 1.05 bits per heavy atom. The molecule has 0 unspecified atom stereocenters. The SMILES string of the molecule is C[C@@H](COc1ccnc2c1[C@H](C)CCC2)C[C@H]1Cc2cc3c(cc2C12CCC(Nc1cccc(Cl)c1)(C(=O)O)CC2)O[C@@H](CN(C)Cc1ccccc1Cl)CCO3. The van der Waals surface area contributed by atoms with Gasteiger partial charge in [0.05, 0.1) is 13.2 Å². The summed E-state index contributed by atoms with van der Waals surface area (Å²) in [5.41, 5.74) is 5.52. The van der Waals surface area contributed by atoms with Gasteiger partial charge in [-0.15, -0.1) is 0 Å². The number of likely N-dealkylation sites (N-methyl/N-ethyl adjacent to an activating group) is 1. The van der Waals surface area contributed by atoms with Crippen LogP contribution in [0.3, 0.4) is 0 Å². The number of hydrogen-bond donors (Lipinski definition) is 2. The number of hydrogen-bond acceptors (Lipinski definition) is 7. The Labute approximate surface area is 347 Å². The first kappa shape index (κ1) is 39.8. The molecular formula is C47H55Cl2N3O5. The number of aliphatic carboxylic acids is 1. The van der Waals surface area contributed by atoms with Crippen molar-refractivity contribution in [2.24, 2.45) is 11.8 Å². The molecule has 2 N–H and O–H groups in total. The molecule has 0 bridgehead atoms. The summed E-state index contributed by atoms with van der Waals surface area (Å²) < 4.78 is 19.9. The summed E-state index contributed by atoms with van der Waals surface area (Å²) >= 11 is 12.8. The van der Waals surface area contributed by atoms with Crippen LogP contribution < -0.4 is 19.5 Å². The van der Waals surface area contributed by atoms with Crippen LogP contribution >= 0.6 is 23.2 Å². The maximum absolute atomic E-state index is 13.1. The number of carboxylic acid groups (broad SMARTS) is 1. The van der Waals surface area contributed by atoms with Gasteiger partial charge in [-0.25, -0.2) is 4.79 Å². The quantitative estimate of drug-likeness (QED) is 0.146. The van der Waals surface area contributed by atoms with Gasteiger partial charge in [0.25, 0.3) is 0 Å². The van der Waals surface area contributed by atoms with E-state index in [1.165, 1.54) is 28.8 Å². The van der Waals surface area contributed by atoms with E-state index in [2.05, 4.69) is 49.3 Å². The van der Waals surface area contributed by atoms with Crippen LogP contribution in [-0.2, 0) is 29.6 Å². The molecule has 4 aliphatic rings. The van der Waals surface area contributed by atoms with E-state index < -0.39 is 11.5 Å². The molecule has 302 valence electrons. The van der Waals surface area contributed by atoms with E-state index in [0.717, 1.165) is 91.6 Å². The van der Waals surface area contributed by atoms with E-state index in [1.54, 1.807) is 6.07 Å². The van der Waals surface area contributed by atoms with Gasteiger partial charge in [0.2, 0.25) is 0 Å². The highest BCUT2D eigenvalue weighted by atomic mass is 35.5. The third-order valence-electron chi connectivity index (χ3n) is 13.3. The van der Waals surface area contributed by atoms with Crippen molar-refractivity contribution in [2.75, 3.05) is 32.1 Å². The van der Waals surface area contributed by atoms with Gasteiger partial charge >= 0.3 is 5.97 Å². The minimum Gasteiger partial charge on any atom is -0.493 e. The zero-order valence-electron chi connectivity index (χ0n) is 33.4. The fourth-order valence-corrected chi connectivity index (χ4v) is 10.7. The number of aryl methyl sites for hydroxylation is 1. The number of carbonyl (C=O) groups is 1. The number of nitrogens with zero attached hydrogens (tertiary/aromatic N) is 2. The second kappa shape index (κ2) is 16.7. The van der Waals surface area contributed by atoms with E-state index >= 15 is 0 Å². The summed E-state index contributed by atoms with van der Waals surface area (Å²) in [6.45, 7) is 7.23. The maximum Gasteiger partial charge on any atom is 0.329 e. The highest BCUT2D eigenvalue weighted by molar-refractivity contribution is 6.31. The van der Waals surface area contributed by atoms with Gasteiger partial charge < -0.3 is 24.6 Å². The van der Waals surface area contributed by atoms with E-state index in [0.29, 0.717) is 42.9 Å². The molecule has 0 amide bonds. The fraction of sp³-hybridized carbons (Fsp3) is 0.489. The molecule has 1 aromatic heterocycles. The first-order valence-corrected chi connectivity index (χ1v) is 21.5. The number of anilines is 1. The number of halogens is 2. The van der Waals surface area contributed by atoms with E-state index in [-0.39, 0.29) is 17.4 Å². The molecule has 1 fully saturated rings. The van der Waals surface area contributed by atoms with Crippen molar-refractivity contribution in [3.63, 3.8) is 0 Å². The number of carboxylic acids is 1. The van der Waals surface area contributed by atoms with Gasteiger partial charge in [-0.3, -0.25) is 9.88 Å². The lowest BCUT2D eigenvalue weighted by atomic mass is 9.59. The molecular weight excluding hydrogens is 757 g/mol. The number of fused-ring (bicyclic) bond motifs is 4. The average molecular weight is 813 g/mol. The first-order chi connectivity index (χ1) is 27.5. The van der Waals surface area contributed by atoms with Crippen molar-refractivity contribution < 1.29 is 24.1 Å². The fourth-order valence-electron chi connectivity index (χ4n) is 10.3. The largest absolute Gasteiger partial charge is 0.493 e. The molecule has 0 radical (unpaired) electrons. The average Bonchev–Trinajstić information content (AvgIpc) is 3.31. The van der Waals surface area contributed by atoms with Crippen LogP contribution in [0, 0.1) is 11.8 Å². The predicted molar refractivity (Wildman–Crippen MR) is 226 cm³/mol. The maximum atomic E-state index is 13.1. The number of pyridine rings is 1. The second-order valence-corrected chi connectivity index (χ2v) is 18.2. The zero-order chi connectivity index (χ0) is 39.7. The van der Waals surface area contributed by atoms with Crippen molar-refractivity contribution in [1.29, 1.82) is 0 Å². The predicted octanol–water partition coefficient (Wildman–Crippen LogP) is 10.5. The monoisotopic (exact) mass is 811 g/mol. The molecule has 1 spiro atoms. The first-order valence-electron chi connectivity index (χ1n) is 20.8. The number of rotatable bonds is 12. The molecule has 1 aliphatic heterocycles. The molecule has 1 saturated carbocycles. The van der Waals surface area contributed by atoms with Gasteiger partial charge in [-0.05, 0) is 147 Å². The van der Waals surface area contributed by atoms with Crippen molar-refractivity contribution in [2.45, 2.75) is 108 Å². The van der Waals surface area contributed by atoms with Gasteiger partial charge in [0.1, 0.15) is 17.4 Å². The molecule has 10 heteroatoms. The summed E-state index contributed by atoms with van der Waals surface area (Å²) in [6, 6.07) is 21.8. The van der Waals surface area contributed by atoms with Crippen molar-refractivity contribution in [3.05, 3.63) is 111 Å². The molecule has 3 aromatic carbocycles.